The van der Waals surface area contributed by atoms with Crippen LogP contribution >= 0.6 is 0 Å². The van der Waals surface area contributed by atoms with Crippen molar-refractivity contribution in [3.63, 3.8) is 0 Å². The van der Waals surface area contributed by atoms with Gasteiger partial charge in [-0.1, -0.05) is 0 Å². The van der Waals surface area contributed by atoms with Gasteiger partial charge in [-0.15, -0.1) is 0 Å². The number of aromatic amines is 1. The first-order chi connectivity index (χ1) is 10.2. The van der Waals surface area contributed by atoms with Crippen LogP contribution in [-0.2, 0) is 0 Å². The molecule has 0 aliphatic carbocycles. The molecule has 1 aliphatic heterocycles. The zero-order valence-electron chi connectivity index (χ0n) is 11.9. The van der Waals surface area contributed by atoms with E-state index in [4.69, 9.17) is 9.26 Å². The molecule has 3 heterocycles. The molecule has 21 heavy (non-hydrogen) atoms. The first-order valence-electron chi connectivity index (χ1n) is 6.68. The third kappa shape index (κ3) is 2.62. The highest BCUT2D eigenvalue weighted by Gasteiger charge is 2.31. The standard InChI is InChI=1S/C13H17N5O3/c1-17-5-6-18(8-9(17)12-14-3-4-15-12)13(19)10-7-11(20-2)16-21-10/h3-4,7,9H,5-6,8H2,1-2H3,(H,14,15)/t9-/m1/s1. The SMILES string of the molecule is COc1cc(C(=O)N2CCN(C)[C@@H](c3ncc[nH]3)C2)on1. The van der Waals surface area contributed by atoms with Gasteiger partial charge in [0.15, 0.2) is 0 Å². The van der Waals surface area contributed by atoms with Crippen LogP contribution < -0.4 is 4.74 Å². The van der Waals surface area contributed by atoms with E-state index in [1.54, 1.807) is 17.3 Å². The Bertz CT molecular complexity index is 609. The molecule has 0 aromatic carbocycles. The topological polar surface area (TPSA) is 87.5 Å². The van der Waals surface area contributed by atoms with Crippen molar-refractivity contribution >= 4 is 5.91 Å². The number of carbonyl (C=O) groups excluding carboxylic acids is 1. The molecule has 1 saturated heterocycles. The lowest BCUT2D eigenvalue weighted by molar-refractivity contribution is 0.0497. The number of likely N-dealkylation sites (N-methyl/N-ethyl adjacent to an activating group) is 1. The number of H-pyrrole nitrogens is 1. The number of nitrogens with one attached hydrogen (secondary N) is 1. The van der Waals surface area contributed by atoms with Gasteiger partial charge in [-0.25, -0.2) is 4.98 Å². The Hall–Kier alpha value is -2.35. The molecule has 112 valence electrons. The van der Waals surface area contributed by atoms with Crippen LogP contribution in [0.1, 0.15) is 22.4 Å². The van der Waals surface area contributed by atoms with Gasteiger partial charge < -0.3 is 19.1 Å². The zero-order chi connectivity index (χ0) is 14.8. The van der Waals surface area contributed by atoms with Crippen molar-refractivity contribution in [2.75, 3.05) is 33.8 Å². The fraction of sp³-hybridized carbons (Fsp3) is 0.462. The van der Waals surface area contributed by atoms with Gasteiger partial charge in [0.25, 0.3) is 11.8 Å². The number of hydrogen-bond donors (Lipinski definition) is 1. The Morgan fingerprint density at radius 2 is 2.38 bits per heavy atom. The molecule has 2 aromatic rings. The molecule has 3 rings (SSSR count). The van der Waals surface area contributed by atoms with E-state index in [9.17, 15) is 4.79 Å². The smallest absolute Gasteiger partial charge is 0.292 e. The number of carbonyl (C=O) groups is 1. The van der Waals surface area contributed by atoms with E-state index in [2.05, 4.69) is 20.0 Å². The van der Waals surface area contributed by atoms with E-state index in [1.165, 1.54) is 13.2 Å². The van der Waals surface area contributed by atoms with Crippen LogP contribution in [0.2, 0.25) is 0 Å². The third-order valence-corrected chi connectivity index (χ3v) is 3.68. The number of piperazine rings is 1. The number of nitrogens with zero attached hydrogens (tertiary/aromatic N) is 4. The Morgan fingerprint density at radius 3 is 3.05 bits per heavy atom. The molecule has 0 saturated carbocycles. The van der Waals surface area contributed by atoms with Gasteiger partial charge in [-0.3, -0.25) is 9.69 Å². The van der Waals surface area contributed by atoms with Crippen molar-refractivity contribution in [2.24, 2.45) is 0 Å². The highest BCUT2D eigenvalue weighted by atomic mass is 16.5. The molecule has 1 amide bonds. The second kappa shape index (κ2) is 5.57. The molecular weight excluding hydrogens is 274 g/mol. The average molecular weight is 291 g/mol. The number of aromatic nitrogens is 3. The average Bonchev–Trinajstić information content (AvgIpc) is 3.18. The van der Waals surface area contributed by atoms with E-state index >= 15 is 0 Å². The molecule has 1 fully saturated rings. The lowest BCUT2D eigenvalue weighted by Gasteiger charge is -2.37. The Labute approximate surface area is 121 Å². The van der Waals surface area contributed by atoms with Gasteiger partial charge in [0.05, 0.1) is 19.2 Å². The Kier molecular flexibility index (Phi) is 3.61. The van der Waals surface area contributed by atoms with Gasteiger partial charge in [0, 0.05) is 32.0 Å². The highest BCUT2D eigenvalue weighted by Crippen LogP contribution is 2.23. The lowest BCUT2D eigenvalue weighted by atomic mass is 10.1. The molecule has 2 aromatic heterocycles. The number of imidazole rings is 1. The second-order valence-electron chi connectivity index (χ2n) is 4.96. The highest BCUT2D eigenvalue weighted by molar-refractivity contribution is 5.91. The molecule has 0 bridgehead atoms. The van der Waals surface area contributed by atoms with Gasteiger partial charge in [0.1, 0.15) is 5.82 Å². The molecule has 1 atom stereocenters. The molecule has 0 unspecified atom stereocenters. The summed E-state index contributed by atoms with van der Waals surface area (Å²) in [6.45, 7) is 1.95. The monoisotopic (exact) mass is 291 g/mol. The molecule has 1 N–H and O–H groups in total. The maximum Gasteiger partial charge on any atom is 0.292 e. The minimum absolute atomic E-state index is 0.0440. The molecule has 8 heteroatoms. The molecular formula is C13H17N5O3. The van der Waals surface area contributed by atoms with Crippen molar-refractivity contribution in [3.05, 3.63) is 30.0 Å². The van der Waals surface area contributed by atoms with Crippen LogP contribution in [0.25, 0.3) is 0 Å². The van der Waals surface area contributed by atoms with Gasteiger partial charge in [0.2, 0.25) is 5.76 Å². The summed E-state index contributed by atoms with van der Waals surface area (Å²) in [5, 5.41) is 3.66. The van der Waals surface area contributed by atoms with Gasteiger partial charge in [-0.2, -0.15) is 0 Å². The zero-order valence-corrected chi connectivity index (χ0v) is 11.9. The first-order valence-corrected chi connectivity index (χ1v) is 6.68. The van der Waals surface area contributed by atoms with Crippen LogP contribution in [0.3, 0.4) is 0 Å². The van der Waals surface area contributed by atoms with Crippen molar-refractivity contribution in [3.8, 4) is 5.88 Å². The summed E-state index contributed by atoms with van der Waals surface area (Å²) in [6, 6.07) is 1.55. The van der Waals surface area contributed by atoms with E-state index < -0.39 is 0 Å². The second-order valence-corrected chi connectivity index (χ2v) is 4.96. The van der Waals surface area contributed by atoms with Crippen LogP contribution in [0.4, 0.5) is 0 Å². The Balaban J connectivity index is 1.75. The lowest BCUT2D eigenvalue weighted by Crippen LogP contribution is -2.49. The minimum atomic E-state index is -0.185. The van der Waals surface area contributed by atoms with Crippen molar-refractivity contribution < 1.29 is 14.1 Å². The summed E-state index contributed by atoms with van der Waals surface area (Å²) in [5.74, 6) is 1.16. The number of rotatable bonds is 3. The largest absolute Gasteiger partial charge is 0.479 e. The summed E-state index contributed by atoms with van der Waals surface area (Å²) < 4.78 is 9.95. The summed E-state index contributed by atoms with van der Waals surface area (Å²) in [5.41, 5.74) is 0. The minimum Gasteiger partial charge on any atom is -0.479 e. The van der Waals surface area contributed by atoms with Crippen LogP contribution in [0, 0.1) is 0 Å². The van der Waals surface area contributed by atoms with E-state index in [0.29, 0.717) is 19.0 Å². The molecule has 0 spiro atoms. The predicted molar refractivity (Wildman–Crippen MR) is 72.9 cm³/mol. The Morgan fingerprint density at radius 1 is 1.52 bits per heavy atom. The van der Waals surface area contributed by atoms with Crippen molar-refractivity contribution in [1.82, 2.24) is 24.9 Å². The first kappa shape index (κ1) is 13.6. The number of amides is 1. The quantitative estimate of drug-likeness (QED) is 0.888. The van der Waals surface area contributed by atoms with Crippen molar-refractivity contribution in [1.29, 1.82) is 0 Å². The van der Waals surface area contributed by atoms with E-state index in [1.807, 2.05) is 7.05 Å². The molecule has 0 radical (unpaired) electrons. The summed E-state index contributed by atoms with van der Waals surface area (Å²) in [4.78, 5) is 23.7. The fourth-order valence-corrected chi connectivity index (χ4v) is 2.42. The number of hydrogen-bond acceptors (Lipinski definition) is 6. The predicted octanol–water partition coefficient (Wildman–Crippen LogP) is 0.535. The summed E-state index contributed by atoms with van der Waals surface area (Å²) >= 11 is 0. The maximum absolute atomic E-state index is 12.4. The number of methoxy groups -OCH3 is 1. The molecule has 8 nitrogen and oxygen atoms in total. The number of ether oxygens (including phenoxy) is 1. The van der Waals surface area contributed by atoms with E-state index in [0.717, 1.165) is 12.4 Å². The summed E-state index contributed by atoms with van der Waals surface area (Å²) in [7, 11) is 3.50. The van der Waals surface area contributed by atoms with Gasteiger partial charge in [-0.05, 0) is 12.2 Å². The maximum atomic E-state index is 12.4. The van der Waals surface area contributed by atoms with Crippen LogP contribution in [0.15, 0.2) is 23.0 Å². The molecule has 1 aliphatic rings. The summed E-state index contributed by atoms with van der Waals surface area (Å²) in [6.07, 6.45) is 3.50. The van der Waals surface area contributed by atoms with E-state index in [-0.39, 0.29) is 17.7 Å². The van der Waals surface area contributed by atoms with Gasteiger partial charge >= 0.3 is 0 Å². The third-order valence-electron chi connectivity index (χ3n) is 3.68. The van der Waals surface area contributed by atoms with Crippen LogP contribution in [0.5, 0.6) is 5.88 Å². The van der Waals surface area contributed by atoms with Crippen LogP contribution in [-0.4, -0.2) is 64.6 Å². The van der Waals surface area contributed by atoms with Crippen molar-refractivity contribution in [2.45, 2.75) is 6.04 Å². The normalized spacial score (nSPS) is 19.7. The fourth-order valence-electron chi connectivity index (χ4n) is 2.42.